The van der Waals surface area contributed by atoms with Crippen LogP contribution >= 0.6 is 27.5 Å². The first-order valence-corrected chi connectivity index (χ1v) is 9.97. The maximum absolute atomic E-state index is 12.3. The van der Waals surface area contributed by atoms with Gasteiger partial charge in [0.2, 0.25) is 0 Å². The molecule has 1 amide bonds. The molecule has 0 N–H and O–H groups in total. The van der Waals surface area contributed by atoms with Gasteiger partial charge >= 0.3 is 6.09 Å². The Morgan fingerprint density at radius 3 is 2.68 bits per heavy atom. The lowest BCUT2D eigenvalue weighted by Gasteiger charge is -2.33. The minimum Gasteiger partial charge on any atom is -0.444 e. The molecule has 0 aromatic heterocycles. The van der Waals surface area contributed by atoms with Gasteiger partial charge in [0.05, 0.1) is 5.02 Å². The van der Waals surface area contributed by atoms with E-state index in [4.69, 9.17) is 16.3 Å². The smallest absolute Gasteiger partial charge is 0.410 e. The van der Waals surface area contributed by atoms with Crippen molar-refractivity contribution in [2.75, 3.05) is 13.1 Å². The molecule has 1 aliphatic carbocycles. The second-order valence-corrected chi connectivity index (χ2v) is 9.48. The topological polar surface area (TPSA) is 29.5 Å². The number of carbonyl (C=O) groups excluding carboxylic acids is 1. The van der Waals surface area contributed by atoms with Gasteiger partial charge in [-0.15, -0.1) is 0 Å². The molecule has 1 spiro atoms. The van der Waals surface area contributed by atoms with E-state index in [2.05, 4.69) is 28.1 Å². The molecule has 136 valence electrons. The Kier molecular flexibility index (Phi) is 5.23. The standard InChI is InChI=1S/C20H25BrClNO2/c1-19(2,3)25-18(24)23-11-10-20(13-23)8-6-14(7-9-20)15-4-5-16(21)17(22)12-15/h4-6,12H,7-11,13H2,1-3H3. The first-order valence-electron chi connectivity index (χ1n) is 8.80. The molecule has 0 radical (unpaired) electrons. The van der Waals surface area contributed by atoms with Crippen molar-refractivity contribution >= 4 is 39.2 Å². The lowest BCUT2D eigenvalue weighted by Crippen LogP contribution is -2.37. The summed E-state index contributed by atoms with van der Waals surface area (Å²) in [4.78, 5) is 14.2. The van der Waals surface area contributed by atoms with Gasteiger partial charge in [0.1, 0.15) is 5.60 Å². The van der Waals surface area contributed by atoms with E-state index in [0.29, 0.717) is 0 Å². The number of likely N-dealkylation sites (tertiary alicyclic amines) is 1. The van der Waals surface area contributed by atoms with Gasteiger partial charge < -0.3 is 9.64 Å². The van der Waals surface area contributed by atoms with E-state index in [0.717, 1.165) is 48.3 Å². The number of rotatable bonds is 1. The number of benzene rings is 1. The Morgan fingerprint density at radius 1 is 1.32 bits per heavy atom. The summed E-state index contributed by atoms with van der Waals surface area (Å²) in [5, 5.41) is 0.746. The van der Waals surface area contributed by atoms with Gasteiger partial charge in [-0.2, -0.15) is 0 Å². The van der Waals surface area contributed by atoms with Crippen LogP contribution in [0.4, 0.5) is 4.79 Å². The number of hydrogen-bond acceptors (Lipinski definition) is 2. The Hall–Kier alpha value is -1.000. The molecule has 25 heavy (non-hydrogen) atoms. The van der Waals surface area contributed by atoms with Crippen LogP contribution < -0.4 is 0 Å². The number of amides is 1. The molecule has 0 bridgehead atoms. The zero-order chi connectivity index (χ0) is 18.2. The van der Waals surface area contributed by atoms with Crippen LogP contribution in [0.2, 0.25) is 5.02 Å². The second kappa shape index (κ2) is 6.96. The highest BCUT2D eigenvalue weighted by Gasteiger charge is 2.41. The molecule has 1 saturated heterocycles. The molecule has 0 saturated carbocycles. The Balaban J connectivity index is 1.66. The normalized spacial score (nSPS) is 23.7. The second-order valence-electron chi connectivity index (χ2n) is 8.21. The zero-order valence-electron chi connectivity index (χ0n) is 15.1. The van der Waals surface area contributed by atoms with Crippen molar-refractivity contribution in [1.82, 2.24) is 4.90 Å². The third-order valence-corrected chi connectivity index (χ3v) is 6.32. The Morgan fingerprint density at radius 2 is 2.08 bits per heavy atom. The van der Waals surface area contributed by atoms with Gasteiger partial charge in [-0.3, -0.25) is 0 Å². The van der Waals surface area contributed by atoms with Crippen molar-refractivity contribution in [3.05, 3.63) is 39.3 Å². The van der Waals surface area contributed by atoms with E-state index in [1.807, 2.05) is 37.8 Å². The summed E-state index contributed by atoms with van der Waals surface area (Å²) in [5.41, 5.74) is 2.33. The van der Waals surface area contributed by atoms with Gasteiger partial charge in [0, 0.05) is 17.6 Å². The zero-order valence-corrected chi connectivity index (χ0v) is 17.4. The molecule has 1 aliphatic heterocycles. The minimum atomic E-state index is -0.437. The van der Waals surface area contributed by atoms with Crippen LogP contribution in [-0.4, -0.2) is 29.7 Å². The number of ether oxygens (including phenoxy) is 1. The third kappa shape index (κ3) is 4.40. The average molecular weight is 427 g/mol. The molecule has 1 unspecified atom stereocenters. The van der Waals surface area contributed by atoms with Gasteiger partial charge in [-0.05, 0) is 91.1 Å². The van der Waals surface area contributed by atoms with Crippen LogP contribution in [0, 0.1) is 5.41 Å². The average Bonchev–Trinajstić information content (AvgIpc) is 2.93. The maximum Gasteiger partial charge on any atom is 0.410 e. The van der Waals surface area contributed by atoms with E-state index in [9.17, 15) is 4.79 Å². The SMILES string of the molecule is CC(C)(C)OC(=O)N1CCC2(CC=C(c3ccc(Br)c(Cl)c3)CC2)C1. The number of allylic oxidation sites excluding steroid dienone is 2. The van der Waals surface area contributed by atoms with Gasteiger partial charge in [-0.1, -0.05) is 23.7 Å². The fourth-order valence-corrected chi connectivity index (χ4v) is 4.12. The Labute approximate surface area is 163 Å². The molecule has 1 heterocycles. The first-order chi connectivity index (χ1) is 11.7. The lowest BCUT2D eigenvalue weighted by molar-refractivity contribution is 0.0270. The molecule has 1 aromatic rings. The summed E-state index contributed by atoms with van der Waals surface area (Å²) in [6.45, 7) is 7.33. The first kappa shape index (κ1) is 18.8. The predicted octanol–water partition coefficient (Wildman–Crippen LogP) is 6.30. The summed E-state index contributed by atoms with van der Waals surface area (Å²) in [7, 11) is 0. The van der Waals surface area contributed by atoms with E-state index in [1.54, 1.807) is 0 Å². The highest BCUT2D eigenvalue weighted by molar-refractivity contribution is 9.10. The summed E-state index contributed by atoms with van der Waals surface area (Å²) in [6.07, 6.45) is 6.35. The van der Waals surface area contributed by atoms with Crippen molar-refractivity contribution < 1.29 is 9.53 Å². The fraction of sp³-hybridized carbons (Fsp3) is 0.550. The van der Waals surface area contributed by atoms with E-state index in [-0.39, 0.29) is 11.5 Å². The quantitative estimate of drug-likeness (QED) is 0.527. The van der Waals surface area contributed by atoms with E-state index in [1.165, 1.54) is 11.1 Å². The van der Waals surface area contributed by atoms with Crippen LogP contribution in [0.5, 0.6) is 0 Å². The van der Waals surface area contributed by atoms with Crippen molar-refractivity contribution in [2.24, 2.45) is 5.41 Å². The molecule has 2 aliphatic rings. The van der Waals surface area contributed by atoms with Crippen molar-refractivity contribution in [1.29, 1.82) is 0 Å². The molecule has 3 rings (SSSR count). The van der Waals surface area contributed by atoms with E-state index >= 15 is 0 Å². The number of nitrogens with zero attached hydrogens (tertiary/aromatic N) is 1. The monoisotopic (exact) mass is 425 g/mol. The summed E-state index contributed by atoms with van der Waals surface area (Å²) in [5.74, 6) is 0. The van der Waals surface area contributed by atoms with E-state index < -0.39 is 5.60 Å². The summed E-state index contributed by atoms with van der Waals surface area (Å²) in [6, 6.07) is 6.14. The molecule has 1 aromatic carbocycles. The largest absolute Gasteiger partial charge is 0.444 e. The van der Waals surface area contributed by atoms with Crippen molar-refractivity contribution in [3.8, 4) is 0 Å². The number of halogens is 2. The van der Waals surface area contributed by atoms with Crippen LogP contribution in [0.15, 0.2) is 28.7 Å². The highest BCUT2D eigenvalue weighted by Crippen LogP contribution is 2.45. The molecule has 3 nitrogen and oxygen atoms in total. The molecule has 1 atom stereocenters. The van der Waals surface area contributed by atoms with Crippen LogP contribution in [0.3, 0.4) is 0 Å². The molecular formula is C20H25BrClNO2. The summed E-state index contributed by atoms with van der Waals surface area (Å²) < 4.78 is 6.45. The van der Waals surface area contributed by atoms with Crippen LogP contribution in [0.1, 0.15) is 52.0 Å². The van der Waals surface area contributed by atoms with Crippen molar-refractivity contribution in [3.63, 3.8) is 0 Å². The Bertz CT molecular complexity index is 710. The number of hydrogen-bond donors (Lipinski definition) is 0. The highest BCUT2D eigenvalue weighted by atomic mass is 79.9. The van der Waals surface area contributed by atoms with Crippen LogP contribution in [-0.2, 0) is 4.74 Å². The molecular weight excluding hydrogens is 402 g/mol. The van der Waals surface area contributed by atoms with Gasteiger partial charge in [0.25, 0.3) is 0 Å². The fourth-order valence-electron chi connectivity index (χ4n) is 3.69. The summed E-state index contributed by atoms with van der Waals surface area (Å²) >= 11 is 9.67. The third-order valence-electron chi connectivity index (χ3n) is 5.09. The maximum atomic E-state index is 12.3. The minimum absolute atomic E-state index is 0.182. The van der Waals surface area contributed by atoms with Gasteiger partial charge in [-0.25, -0.2) is 4.79 Å². The predicted molar refractivity (Wildman–Crippen MR) is 106 cm³/mol. The van der Waals surface area contributed by atoms with Gasteiger partial charge in [0.15, 0.2) is 0 Å². The number of carbonyl (C=O) groups is 1. The molecule has 1 fully saturated rings. The van der Waals surface area contributed by atoms with Crippen LogP contribution in [0.25, 0.3) is 5.57 Å². The van der Waals surface area contributed by atoms with Crippen molar-refractivity contribution in [2.45, 2.75) is 52.1 Å². The lowest BCUT2D eigenvalue weighted by atomic mass is 9.73. The molecule has 5 heteroatoms.